The molecule has 0 aliphatic carbocycles. The zero-order valence-electron chi connectivity index (χ0n) is 12.9. The second kappa shape index (κ2) is 6.55. The molecule has 0 bridgehead atoms. The number of hydrogen-bond acceptors (Lipinski definition) is 5. The Kier molecular flexibility index (Phi) is 4.26. The van der Waals surface area contributed by atoms with Crippen molar-refractivity contribution in [1.29, 1.82) is 0 Å². The Morgan fingerprint density at radius 3 is 2.88 bits per heavy atom. The molecule has 0 radical (unpaired) electrons. The first kappa shape index (κ1) is 15.6. The largest absolute Gasteiger partial charge is 0.472 e. The lowest BCUT2D eigenvalue weighted by Gasteiger charge is -2.24. The number of nitrogens with one attached hydrogen (secondary N) is 1. The van der Waals surface area contributed by atoms with E-state index in [9.17, 15) is 4.79 Å². The van der Waals surface area contributed by atoms with Gasteiger partial charge in [-0.2, -0.15) is 5.10 Å². The normalized spacial score (nSPS) is 14.7. The van der Waals surface area contributed by atoms with Gasteiger partial charge in [0.25, 0.3) is 5.91 Å². The van der Waals surface area contributed by atoms with Crippen LogP contribution in [-0.2, 0) is 12.8 Å². The van der Waals surface area contributed by atoms with E-state index >= 15 is 0 Å². The minimum Gasteiger partial charge on any atom is -0.472 e. The zero-order chi connectivity index (χ0) is 16.5. The van der Waals surface area contributed by atoms with Crippen LogP contribution in [-0.4, -0.2) is 28.8 Å². The fourth-order valence-electron chi connectivity index (χ4n) is 2.74. The number of carbonyl (C=O) groups is 1. The van der Waals surface area contributed by atoms with Gasteiger partial charge >= 0.3 is 0 Å². The number of halogens is 1. The number of nitrogens with zero attached hydrogens (tertiary/aromatic N) is 2. The molecule has 4 heterocycles. The predicted molar refractivity (Wildman–Crippen MR) is 93.0 cm³/mol. The van der Waals surface area contributed by atoms with Gasteiger partial charge in [0.15, 0.2) is 0 Å². The third kappa shape index (κ3) is 3.05. The number of rotatable bonds is 5. The van der Waals surface area contributed by atoms with Crippen molar-refractivity contribution in [2.24, 2.45) is 0 Å². The number of furan rings is 1. The summed E-state index contributed by atoms with van der Waals surface area (Å²) in [5, 5.41) is 7.81. The lowest BCUT2D eigenvalue weighted by molar-refractivity contribution is 0.0940. The highest BCUT2D eigenvalue weighted by molar-refractivity contribution is 7.16. The van der Waals surface area contributed by atoms with Gasteiger partial charge in [-0.3, -0.25) is 4.79 Å². The molecule has 1 N–H and O–H groups in total. The number of hydrogen-bond donors (Lipinski definition) is 1. The molecule has 124 valence electrons. The molecule has 0 saturated carbocycles. The zero-order valence-corrected chi connectivity index (χ0v) is 14.4. The summed E-state index contributed by atoms with van der Waals surface area (Å²) >= 11 is 7.57. The van der Waals surface area contributed by atoms with Crippen molar-refractivity contribution in [3.05, 3.63) is 63.0 Å². The van der Waals surface area contributed by atoms with Crippen molar-refractivity contribution in [3.8, 4) is 0 Å². The molecule has 3 aromatic heterocycles. The van der Waals surface area contributed by atoms with Crippen LogP contribution >= 0.6 is 22.9 Å². The molecule has 4 rings (SSSR count). The highest BCUT2D eigenvalue weighted by Gasteiger charge is 2.25. The van der Waals surface area contributed by atoms with E-state index in [0.29, 0.717) is 11.5 Å². The molecule has 7 heteroatoms. The van der Waals surface area contributed by atoms with Gasteiger partial charge in [0.2, 0.25) is 0 Å². The summed E-state index contributed by atoms with van der Waals surface area (Å²) in [7, 11) is 0. The second-order valence-electron chi connectivity index (χ2n) is 5.85. The summed E-state index contributed by atoms with van der Waals surface area (Å²) in [6.45, 7) is 1.83. The molecule has 3 aromatic rings. The van der Waals surface area contributed by atoms with Crippen molar-refractivity contribution in [2.75, 3.05) is 13.1 Å². The van der Waals surface area contributed by atoms with E-state index in [0.717, 1.165) is 41.7 Å². The standard InChI is InChI=1S/C17H16ClN3O2S/c18-16-4-3-14(24-16)2-1-13-7-15(12-8-19-9-12)20-21(13)17(22)11-5-6-23-10-11/h3-7,10,12,19H,1-2,8-9H2. The molecular formula is C17H16ClN3O2S. The monoisotopic (exact) mass is 361 g/mol. The molecule has 0 amide bonds. The van der Waals surface area contributed by atoms with Gasteiger partial charge in [-0.25, -0.2) is 4.68 Å². The van der Waals surface area contributed by atoms with E-state index in [-0.39, 0.29) is 5.91 Å². The summed E-state index contributed by atoms with van der Waals surface area (Å²) in [6.07, 6.45) is 4.54. The van der Waals surface area contributed by atoms with E-state index in [1.807, 2.05) is 12.1 Å². The van der Waals surface area contributed by atoms with Gasteiger partial charge in [0.1, 0.15) is 6.26 Å². The highest BCUT2D eigenvalue weighted by Crippen LogP contribution is 2.25. The van der Waals surface area contributed by atoms with Gasteiger partial charge in [0, 0.05) is 29.6 Å². The van der Waals surface area contributed by atoms with Gasteiger partial charge < -0.3 is 9.73 Å². The summed E-state index contributed by atoms with van der Waals surface area (Å²) in [6, 6.07) is 7.65. The van der Waals surface area contributed by atoms with Crippen molar-refractivity contribution in [3.63, 3.8) is 0 Å². The van der Waals surface area contributed by atoms with Crippen LogP contribution in [0.3, 0.4) is 0 Å². The lowest BCUT2D eigenvalue weighted by Crippen LogP contribution is -2.40. The number of aryl methyl sites for hydroxylation is 2. The molecule has 1 saturated heterocycles. The van der Waals surface area contributed by atoms with E-state index in [4.69, 9.17) is 16.0 Å². The summed E-state index contributed by atoms with van der Waals surface area (Å²) < 4.78 is 7.34. The average molecular weight is 362 g/mol. The molecule has 1 fully saturated rings. The maximum Gasteiger partial charge on any atom is 0.281 e. The van der Waals surface area contributed by atoms with E-state index < -0.39 is 0 Å². The third-order valence-electron chi connectivity index (χ3n) is 4.22. The van der Waals surface area contributed by atoms with E-state index in [1.54, 1.807) is 17.4 Å². The number of aromatic nitrogens is 2. The Bertz CT molecular complexity index is 849. The van der Waals surface area contributed by atoms with Crippen LogP contribution < -0.4 is 5.32 Å². The van der Waals surface area contributed by atoms with Crippen LogP contribution in [0.5, 0.6) is 0 Å². The van der Waals surface area contributed by atoms with Crippen molar-refractivity contribution in [2.45, 2.75) is 18.8 Å². The molecule has 0 aromatic carbocycles. The molecule has 1 aliphatic rings. The Morgan fingerprint density at radius 2 is 2.25 bits per heavy atom. The Morgan fingerprint density at radius 1 is 1.38 bits per heavy atom. The predicted octanol–water partition coefficient (Wildman–Crippen LogP) is 3.35. The SMILES string of the molecule is O=C(c1ccoc1)n1nc(C2CNC2)cc1CCc1ccc(Cl)s1. The summed E-state index contributed by atoms with van der Waals surface area (Å²) in [5.74, 6) is 0.236. The minimum atomic E-state index is -0.151. The Hall–Kier alpha value is -1.89. The first-order valence-electron chi connectivity index (χ1n) is 7.81. The van der Waals surface area contributed by atoms with Crippen LogP contribution in [0.2, 0.25) is 4.34 Å². The minimum absolute atomic E-state index is 0.151. The first-order valence-corrected chi connectivity index (χ1v) is 9.01. The smallest absolute Gasteiger partial charge is 0.281 e. The second-order valence-corrected chi connectivity index (χ2v) is 7.65. The maximum absolute atomic E-state index is 12.7. The molecule has 0 unspecified atom stereocenters. The molecule has 1 aliphatic heterocycles. The lowest BCUT2D eigenvalue weighted by atomic mass is 9.99. The van der Waals surface area contributed by atoms with Gasteiger partial charge in [-0.05, 0) is 37.1 Å². The van der Waals surface area contributed by atoms with Crippen LogP contribution in [0.15, 0.2) is 41.2 Å². The van der Waals surface area contributed by atoms with E-state index in [2.05, 4.69) is 16.5 Å². The first-order chi connectivity index (χ1) is 11.7. The average Bonchev–Trinajstić information content (AvgIpc) is 3.23. The van der Waals surface area contributed by atoms with Crippen LogP contribution in [0.25, 0.3) is 0 Å². The summed E-state index contributed by atoms with van der Waals surface area (Å²) in [4.78, 5) is 13.9. The van der Waals surface area contributed by atoms with Gasteiger partial charge in [0.05, 0.1) is 21.9 Å². The molecule has 0 atom stereocenters. The topological polar surface area (TPSA) is 60.1 Å². The van der Waals surface area contributed by atoms with Crippen LogP contribution in [0.1, 0.15) is 32.5 Å². The van der Waals surface area contributed by atoms with Crippen LogP contribution in [0, 0.1) is 0 Å². The molecular weight excluding hydrogens is 346 g/mol. The van der Waals surface area contributed by atoms with Crippen molar-refractivity contribution in [1.82, 2.24) is 15.1 Å². The fourth-order valence-corrected chi connectivity index (χ4v) is 3.82. The summed E-state index contributed by atoms with van der Waals surface area (Å²) in [5.41, 5.74) is 2.41. The van der Waals surface area contributed by atoms with Crippen LogP contribution in [0.4, 0.5) is 0 Å². The molecule has 0 spiro atoms. The third-order valence-corrected chi connectivity index (χ3v) is 5.51. The van der Waals surface area contributed by atoms with Gasteiger partial charge in [-0.1, -0.05) is 11.6 Å². The Balaban J connectivity index is 1.60. The number of thiophene rings is 1. The quantitative estimate of drug-likeness (QED) is 0.757. The van der Waals surface area contributed by atoms with E-state index in [1.165, 1.54) is 22.1 Å². The fraction of sp³-hybridized carbons (Fsp3) is 0.294. The molecule has 5 nitrogen and oxygen atoms in total. The molecule has 24 heavy (non-hydrogen) atoms. The van der Waals surface area contributed by atoms with Gasteiger partial charge in [-0.15, -0.1) is 11.3 Å². The Labute approximate surface area is 148 Å². The highest BCUT2D eigenvalue weighted by atomic mass is 35.5. The number of carbonyl (C=O) groups excluding carboxylic acids is 1. The van der Waals surface area contributed by atoms with Crippen molar-refractivity contribution >= 4 is 28.8 Å². The van der Waals surface area contributed by atoms with Crippen molar-refractivity contribution < 1.29 is 9.21 Å². The maximum atomic E-state index is 12.7.